The minimum absolute atomic E-state index is 0.432. The molecule has 4 heteroatoms. The van der Waals surface area contributed by atoms with Crippen LogP contribution in [0.1, 0.15) is 65.7 Å². The van der Waals surface area contributed by atoms with Crippen molar-refractivity contribution in [3.63, 3.8) is 0 Å². The van der Waals surface area contributed by atoms with Gasteiger partial charge in [-0.2, -0.15) is 0 Å². The number of para-hydroxylation sites is 2. The van der Waals surface area contributed by atoms with E-state index in [9.17, 15) is 0 Å². The summed E-state index contributed by atoms with van der Waals surface area (Å²) in [5.74, 6) is 4.10. The van der Waals surface area contributed by atoms with Crippen molar-refractivity contribution in [1.29, 1.82) is 0 Å². The van der Waals surface area contributed by atoms with E-state index in [4.69, 9.17) is 19.7 Å². The molecule has 0 atom stereocenters. The van der Waals surface area contributed by atoms with E-state index in [0.29, 0.717) is 5.82 Å². The van der Waals surface area contributed by atoms with Crippen molar-refractivity contribution in [2.75, 3.05) is 0 Å². The Kier molecular flexibility index (Phi) is 6.97. The molecule has 0 radical (unpaired) electrons. The molecule has 0 amide bonds. The molecule has 2 heterocycles. The van der Waals surface area contributed by atoms with Crippen molar-refractivity contribution < 1.29 is 4.74 Å². The molecule has 3 aliphatic rings. The second-order valence-corrected chi connectivity index (χ2v) is 15.0. The smallest absolute Gasteiger partial charge is 0.164 e. The Labute approximate surface area is 315 Å². The molecule has 1 spiro atoms. The van der Waals surface area contributed by atoms with Gasteiger partial charge in [-0.15, -0.1) is 0 Å². The number of fused-ring (bicyclic) bond motifs is 10. The van der Waals surface area contributed by atoms with Gasteiger partial charge in [-0.1, -0.05) is 171 Å². The lowest BCUT2D eigenvalue weighted by molar-refractivity contribution is 0.330. The zero-order valence-electron chi connectivity index (χ0n) is 29.9. The number of aromatic nitrogens is 3. The number of hydrogen-bond acceptors (Lipinski definition) is 4. The summed E-state index contributed by atoms with van der Waals surface area (Å²) in [4.78, 5) is 16.3. The molecule has 0 bridgehead atoms. The van der Waals surface area contributed by atoms with Gasteiger partial charge in [0, 0.05) is 22.3 Å². The van der Waals surface area contributed by atoms with Crippen LogP contribution in [-0.4, -0.2) is 15.0 Å². The first-order valence-electron chi connectivity index (χ1n) is 19.2. The summed E-state index contributed by atoms with van der Waals surface area (Å²) in [6.07, 6.45) is 5.32. The van der Waals surface area contributed by atoms with Gasteiger partial charge in [-0.25, -0.2) is 15.0 Å². The highest BCUT2D eigenvalue weighted by Crippen LogP contribution is 2.64. The number of nitrogens with zero attached hydrogens (tertiary/aromatic N) is 3. The predicted octanol–water partition coefficient (Wildman–Crippen LogP) is 12.1. The third kappa shape index (κ3) is 4.40. The molecule has 0 unspecified atom stereocenters. The van der Waals surface area contributed by atoms with E-state index < -0.39 is 10.8 Å². The summed E-state index contributed by atoms with van der Waals surface area (Å²) in [5, 5.41) is 2.31. The minimum Gasteiger partial charge on any atom is -0.457 e. The molecule has 1 fully saturated rings. The summed E-state index contributed by atoms with van der Waals surface area (Å²) in [7, 11) is 0. The third-order valence-corrected chi connectivity index (χ3v) is 12.2. The third-order valence-electron chi connectivity index (χ3n) is 12.2. The van der Waals surface area contributed by atoms with Gasteiger partial charge in [-0.05, 0) is 63.6 Å². The Bertz CT molecular complexity index is 2700. The largest absolute Gasteiger partial charge is 0.457 e. The highest BCUT2D eigenvalue weighted by molar-refractivity contribution is 5.95. The van der Waals surface area contributed by atoms with Crippen LogP contribution in [0.4, 0.5) is 0 Å². The van der Waals surface area contributed by atoms with E-state index in [0.717, 1.165) is 65.3 Å². The molecule has 54 heavy (non-hydrogen) atoms. The van der Waals surface area contributed by atoms with Crippen molar-refractivity contribution in [3.8, 4) is 45.4 Å². The van der Waals surface area contributed by atoms with Crippen LogP contribution in [0.2, 0.25) is 0 Å². The summed E-state index contributed by atoms with van der Waals surface area (Å²) in [6.45, 7) is 0. The maximum absolute atomic E-state index is 6.64. The first-order chi connectivity index (χ1) is 26.8. The van der Waals surface area contributed by atoms with Gasteiger partial charge in [0.1, 0.15) is 17.3 Å². The number of benzene rings is 7. The van der Waals surface area contributed by atoms with Crippen molar-refractivity contribution in [2.45, 2.75) is 42.9 Å². The Morgan fingerprint density at radius 1 is 0.426 bits per heavy atom. The van der Waals surface area contributed by atoms with Crippen LogP contribution in [0.3, 0.4) is 0 Å². The fraction of sp³-hybridized carbons (Fsp3) is 0.140. The second kappa shape index (κ2) is 12.1. The second-order valence-electron chi connectivity index (χ2n) is 15.0. The molecule has 8 aromatic rings. The Balaban J connectivity index is 1.22. The van der Waals surface area contributed by atoms with Gasteiger partial charge in [0.05, 0.1) is 10.8 Å². The predicted molar refractivity (Wildman–Crippen MR) is 216 cm³/mol. The summed E-state index contributed by atoms with van der Waals surface area (Å²) >= 11 is 0. The summed E-state index contributed by atoms with van der Waals surface area (Å²) in [6, 6.07) is 58.6. The molecule has 11 rings (SSSR count). The van der Waals surface area contributed by atoms with Crippen molar-refractivity contribution >= 4 is 10.8 Å². The standard InChI is InChI=1S/C50H37N3O/c1-3-18-34(19-4-1)46-51-47(36-23-15-20-33-17-5-6-21-35(33)36)53-48(52-46)49(31-13-2-14-32-49)41-27-16-28-42-45(41)37-22-7-8-24-38(37)50(42)39-25-9-11-29-43(39)54-44-30-12-10-26-40(44)50/h1,3-12,15-30H,2,13-14,31-32H2. The average molecular weight is 696 g/mol. The number of ether oxygens (including phenoxy) is 1. The van der Waals surface area contributed by atoms with Gasteiger partial charge in [-0.3, -0.25) is 0 Å². The Morgan fingerprint density at radius 2 is 1.00 bits per heavy atom. The lowest BCUT2D eigenvalue weighted by Crippen LogP contribution is -2.35. The summed E-state index contributed by atoms with van der Waals surface area (Å²) < 4.78 is 6.64. The monoisotopic (exact) mass is 695 g/mol. The zero-order valence-corrected chi connectivity index (χ0v) is 29.9. The molecule has 1 aromatic heterocycles. The molecule has 4 nitrogen and oxygen atoms in total. The van der Waals surface area contributed by atoms with Crippen molar-refractivity contribution in [2.24, 2.45) is 0 Å². The molecule has 258 valence electrons. The fourth-order valence-electron chi connectivity index (χ4n) is 9.92. The Hall–Kier alpha value is -6.39. The highest BCUT2D eigenvalue weighted by atomic mass is 16.5. The van der Waals surface area contributed by atoms with E-state index in [2.05, 4.69) is 158 Å². The molecule has 0 saturated heterocycles. The van der Waals surface area contributed by atoms with Gasteiger partial charge in [0.15, 0.2) is 11.6 Å². The lowest BCUT2D eigenvalue weighted by Gasteiger charge is -2.40. The fourth-order valence-corrected chi connectivity index (χ4v) is 9.92. The Morgan fingerprint density at radius 3 is 1.80 bits per heavy atom. The SMILES string of the molecule is c1ccc(-c2nc(-c3cccc4ccccc34)nc(C3(c4cccc5c4-c4ccccc4C54c5ccccc5Oc5ccccc54)CCCCC3)n2)cc1. The van der Waals surface area contributed by atoms with Crippen molar-refractivity contribution in [3.05, 3.63) is 197 Å². The molecule has 2 aliphatic carbocycles. The van der Waals surface area contributed by atoms with Gasteiger partial charge >= 0.3 is 0 Å². The number of rotatable bonds is 4. The van der Waals surface area contributed by atoms with E-state index in [-0.39, 0.29) is 0 Å². The van der Waals surface area contributed by atoms with Crippen LogP contribution >= 0.6 is 0 Å². The van der Waals surface area contributed by atoms with Gasteiger partial charge in [0.25, 0.3) is 0 Å². The van der Waals surface area contributed by atoms with Gasteiger partial charge < -0.3 is 4.74 Å². The molecular weight excluding hydrogens is 659 g/mol. The summed E-state index contributed by atoms with van der Waals surface area (Å²) in [5.41, 5.74) is 9.86. The minimum atomic E-state index is -0.536. The normalized spacial score (nSPS) is 15.9. The van der Waals surface area contributed by atoms with E-state index >= 15 is 0 Å². The average Bonchev–Trinajstić information content (AvgIpc) is 3.54. The van der Waals surface area contributed by atoms with E-state index in [1.54, 1.807) is 0 Å². The van der Waals surface area contributed by atoms with Crippen LogP contribution in [0.5, 0.6) is 11.5 Å². The quantitative estimate of drug-likeness (QED) is 0.184. The van der Waals surface area contributed by atoms with Crippen LogP contribution in [0, 0.1) is 0 Å². The van der Waals surface area contributed by atoms with Gasteiger partial charge in [0.2, 0.25) is 0 Å². The molecular formula is C50H37N3O. The zero-order chi connectivity index (χ0) is 35.7. The van der Waals surface area contributed by atoms with Crippen LogP contribution in [-0.2, 0) is 10.8 Å². The molecule has 0 N–H and O–H groups in total. The van der Waals surface area contributed by atoms with Crippen LogP contribution < -0.4 is 4.74 Å². The number of hydrogen-bond donors (Lipinski definition) is 0. The molecule has 7 aromatic carbocycles. The molecule has 1 saturated carbocycles. The maximum Gasteiger partial charge on any atom is 0.164 e. The molecule has 1 aliphatic heterocycles. The maximum atomic E-state index is 6.64. The van der Waals surface area contributed by atoms with E-state index in [1.165, 1.54) is 50.8 Å². The highest BCUT2D eigenvalue weighted by Gasteiger charge is 2.53. The van der Waals surface area contributed by atoms with Crippen LogP contribution in [0.15, 0.2) is 164 Å². The first-order valence-corrected chi connectivity index (χ1v) is 19.2. The topological polar surface area (TPSA) is 47.9 Å². The van der Waals surface area contributed by atoms with E-state index in [1.807, 2.05) is 6.07 Å². The lowest BCUT2D eigenvalue weighted by atomic mass is 9.64. The van der Waals surface area contributed by atoms with Crippen LogP contribution in [0.25, 0.3) is 44.7 Å². The first kappa shape index (κ1) is 31.2. The van der Waals surface area contributed by atoms with Crippen molar-refractivity contribution in [1.82, 2.24) is 15.0 Å².